The minimum Gasteiger partial charge on any atom is -0.396 e. The van der Waals surface area contributed by atoms with Crippen LogP contribution in [0.3, 0.4) is 0 Å². The van der Waals surface area contributed by atoms with Crippen molar-refractivity contribution >= 4 is 17.3 Å². The molecular formula is C16H24FN3O. The van der Waals surface area contributed by atoms with Crippen molar-refractivity contribution in [1.82, 2.24) is 4.90 Å². The maximum Gasteiger partial charge on any atom is 0.224 e. The summed E-state index contributed by atoms with van der Waals surface area (Å²) in [5, 5.41) is 2.75. The largest absolute Gasteiger partial charge is 0.396 e. The smallest absolute Gasteiger partial charge is 0.224 e. The minimum absolute atomic E-state index is 0.0482. The van der Waals surface area contributed by atoms with E-state index in [-0.39, 0.29) is 11.6 Å². The molecule has 0 radical (unpaired) electrons. The summed E-state index contributed by atoms with van der Waals surface area (Å²) in [4.78, 5) is 14.3. The Balaban J connectivity index is 1.71. The van der Waals surface area contributed by atoms with Crippen LogP contribution >= 0.6 is 0 Å². The maximum absolute atomic E-state index is 13.0. The molecular weight excluding hydrogens is 269 g/mol. The monoisotopic (exact) mass is 293 g/mol. The Kier molecular flexibility index (Phi) is 4.83. The third kappa shape index (κ3) is 4.70. The van der Waals surface area contributed by atoms with Crippen LogP contribution in [0, 0.1) is 11.2 Å². The molecule has 1 fully saturated rings. The summed E-state index contributed by atoms with van der Waals surface area (Å²) in [5.41, 5.74) is 6.46. The third-order valence-corrected chi connectivity index (χ3v) is 3.91. The molecule has 0 aliphatic carbocycles. The Morgan fingerprint density at radius 2 is 2.24 bits per heavy atom. The number of benzene rings is 1. The average Bonchev–Trinajstić information content (AvgIpc) is 2.73. The summed E-state index contributed by atoms with van der Waals surface area (Å²) in [6.45, 7) is 7.71. The van der Waals surface area contributed by atoms with Crippen molar-refractivity contribution in [2.24, 2.45) is 5.41 Å². The second-order valence-corrected chi connectivity index (χ2v) is 6.58. The lowest BCUT2D eigenvalue weighted by Gasteiger charge is -2.19. The van der Waals surface area contributed by atoms with E-state index in [4.69, 9.17) is 5.73 Å². The van der Waals surface area contributed by atoms with Crippen molar-refractivity contribution in [2.45, 2.75) is 33.1 Å². The Labute approximate surface area is 125 Å². The highest BCUT2D eigenvalue weighted by Gasteiger charge is 2.28. The predicted molar refractivity (Wildman–Crippen MR) is 83.5 cm³/mol. The minimum atomic E-state index is -0.468. The summed E-state index contributed by atoms with van der Waals surface area (Å²) in [7, 11) is 0. The van der Waals surface area contributed by atoms with Gasteiger partial charge in [-0.2, -0.15) is 0 Å². The fourth-order valence-electron chi connectivity index (χ4n) is 2.72. The molecule has 5 heteroatoms. The molecule has 2 rings (SSSR count). The van der Waals surface area contributed by atoms with Crippen LogP contribution in [0.15, 0.2) is 18.2 Å². The average molecular weight is 293 g/mol. The van der Waals surface area contributed by atoms with E-state index in [1.165, 1.54) is 24.6 Å². The normalized spacial score (nSPS) is 17.9. The van der Waals surface area contributed by atoms with Gasteiger partial charge in [-0.25, -0.2) is 4.39 Å². The first kappa shape index (κ1) is 15.8. The molecule has 0 spiro atoms. The number of anilines is 2. The van der Waals surface area contributed by atoms with Crippen LogP contribution in [-0.2, 0) is 4.79 Å². The third-order valence-electron chi connectivity index (χ3n) is 3.91. The lowest BCUT2D eigenvalue weighted by molar-refractivity contribution is -0.116. The number of hydrogen-bond donors (Lipinski definition) is 2. The maximum atomic E-state index is 13.0. The molecule has 0 aromatic heterocycles. The molecule has 4 nitrogen and oxygen atoms in total. The summed E-state index contributed by atoms with van der Waals surface area (Å²) in [5.74, 6) is -0.524. The van der Waals surface area contributed by atoms with E-state index in [9.17, 15) is 9.18 Å². The SMILES string of the molecule is CC1(C)CCN(CCCC(=O)Nc2ccc(F)c(N)c2)C1. The quantitative estimate of drug-likeness (QED) is 0.821. The molecule has 0 bridgehead atoms. The number of hydrogen-bond acceptors (Lipinski definition) is 3. The molecule has 116 valence electrons. The van der Waals surface area contributed by atoms with Crippen molar-refractivity contribution < 1.29 is 9.18 Å². The number of nitrogen functional groups attached to an aromatic ring is 1. The Bertz CT molecular complexity index is 516. The van der Waals surface area contributed by atoms with E-state index in [1.54, 1.807) is 0 Å². The van der Waals surface area contributed by atoms with Crippen LogP contribution in [0.1, 0.15) is 33.1 Å². The molecule has 1 aromatic carbocycles. The van der Waals surface area contributed by atoms with Gasteiger partial charge in [-0.05, 0) is 49.5 Å². The molecule has 1 aliphatic rings. The number of nitrogens with two attached hydrogens (primary N) is 1. The van der Waals surface area contributed by atoms with Crippen LogP contribution < -0.4 is 11.1 Å². The number of rotatable bonds is 5. The zero-order valence-electron chi connectivity index (χ0n) is 12.8. The van der Waals surface area contributed by atoms with Gasteiger partial charge in [0, 0.05) is 18.7 Å². The lowest BCUT2D eigenvalue weighted by Crippen LogP contribution is -2.25. The highest BCUT2D eigenvalue weighted by molar-refractivity contribution is 5.91. The highest BCUT2D eigenvalue weighted by Crippen LogP contribution is 2.28. The van der Waals surface area contributed by atoms with Crippen molar-refractivity contribution in [2.75, 3.05) is 30.7 Å². The topological polar surface area (TPSA) is 58.4 Å². The molecule has 1 saturated heterocycles. The van der Waals surface area contributed by atoms with Gasteiger partial charge in [0.15, 0.2) is 0 Å². The van der Waals surface area contributed by atoms with Gasteiger partial charge in [0.1, 0.15) is 5.82 Å². The number of likely N-dealkylation sites (tertiary alicyclic amines) is 1. The molecule has 1 heterocycles. The van der Waals surface area contributed by atoms with Crippen LogP contribution in [0.25, 0.3) is 0 Å². The van der Waals surface area contributed by atoms with Gasteiger partial charge in [0.25, 0.3) is 0 Å². The van der Waals surface area contributed by atoms with E-state index in [0.717, 1.165) is 26.1 Å². The molecule has 0 unspecified atom stereocenters. The predicted octanol–water partition coefficient (Wildman–Crippen LogP) is 2.86. The molecule has 1 amide bonds. The van der Waals surface area contributed by atoms with E-state index in [2.05, 4.69) is 24.1 Å². The Hall–Kier alpha value is -1.62. The van der Waals surface area contributed by atoms with Crippen molar-refractivity contribution in [3.63, 3.8) is 0 Å². The van der Waals surface area contributed by atoms with Gasteiger partial charge in [0.2, 0.25) is 5.91 Å². The highest BCUT2D eigenvalue weighted by atomic mass is 19.1. The molecule has 3 N–H and O–H groups in total. The summed E-state index contributed by atoms with van der Waals surface area (Å²) in [6.07, 6.45) is 2.51. The number of carbonyl (C=O) groups is 1. The Morgan fingerprint density at radius 3 is 2.86 bits per heavy atom. The van der Waals surface area contributed by atoms with Gasteiger partial charge < -0.3 is 16.0 Å². The van der Waals surface area contributed by atoms with Crippen molar-refractivity contribution in [3.8, 4) is 0 Å². The summed E-state index contributed by atoms with van der Waals surface area (Å²) in [6, 6.07) is 4.22. The van der Waals surface area contributed by atoms with Gasteiger partial charge in [0.05, 0.1) is 5.69 Å². The van der Waals surface area contributed by atoms with E-state index < -0.39 is 5.82 Å². The Morgan fingerprint density at radius 1 is 1.48 bits per heavy atom. The second kappa shape index (κ2) is 6.43. The van der Waals surface area contributed by atoms with Crippen LogP contribution in [-0.4, -0.2) is 30.4 Å². The van der Waals surface area contributed by atoms with Crippen LogP contribution in [0.4, 0.5) is 15.8 Å². The second-order valence-electron chi connectivity index (χ2n) is 6.58. The fourth-order valence-corrected chi connectivity index (χ4v) is 2.72. The number of amides is 1. The fraction of sp³-hybridized carbons (Fsp3) is 0.562. The number of halogens is 1. The zero-order valence-corrected chi connectivity index (χ0v) is 12.8. The van der Waals surface area contributed by atoms with Crippen LogP contribution in [0.5, 0.6) is 0 Å². The first-order valence-corrected chi connectivity index (χ1v) is 7.43. The first-order valence-electron chi connectivity index (χ1n) is 7.43. The van der Waals surface area contributed by atoms with Crippen LogP contribution in [0.2, 0.25) is 0 Å². The number of nitrogens with zero attached hydrogens (tertiary/aromatic N) is 1. The van der Waals surface area contributed by atoms with E-state index in [0.29, 0.717) is 17.5 Å². The van der Waals surface area contributed by atoms with Crippen molar-refractivity contribution in [3.05, 3.63) is 24.0 Å². The molecule has 1 aliphatic heterocycles. The molecule has 0 atom stereocenters. The standard InChI is InChI=1S/C16H24FN3O/c1-16(2)7-9-20(11-16)8-3-4-15(21)19-12-5-6-13(17)14(18)10-12/h5-6,10H,3-4,7-9,11,18H2,1-2H3,(H,19,21). The lowest BCUT2D eigenvalue weighted by atomic mass is 9.93. The van der Waals surface area contributed by atoms with Gasteiger partial charge in [-0.3, -0.25) is 4.79 Å². The van der Waals surface area contributed by atoms with Gasteiger partial charge in [-0.1, -0.05) is 13.8 Å². The molecule has 0 saturated carbocycles. The number of carbonyl (C=O) groups excluding carboxylic acids is 1. The molecule has 1 aromatic rings. The van der Waals surface area contributed by atoms with Crippen molar-refractivity contribution in [1.29, 1.82) is 0 Å². The summed E-state index contributed by atoms with van der Waals surface area (Å²) < 4.78 is 13.0. The van der Waals surface area contributed by atoms with Gasteiger partial charge >= 0.3 is 0 Å². The van der Waals surface area contributed by atoms with E-state index in [1.807, 2.05) is 0 Å². The van der Waals surface area contributed by atoms with Gasteiger partial charge in [-0.15, -0.1) is 0 Å². The number of nitrogens with one attached hydrogen (secondary N) is 1. The van der Waals surface area contributed by atoms with E-state index >= 15 is 0 Å². The summed E-state index contributed by atoms with van der Waals surface area (Å²) >= 11 is 0. The first-order chi connectivity index (χ1) is 9.85. The zero-order chi connectivity index (χ0) is 15.5. The molecule has 21 heavy (non-hydrogen) atoms.